The number of hydrogen-bond donors (Lipinski definition) is 2. The number of carbonyl (C=O) groups is 1. The van der Waals surface area contributed by atoms with E-state index in [1.54, 1.807) is 26.8 Å². The Morgan fingerprint density at radius 3 is 2.71 bits per heavy atom. The molecule has 0 atom stereocenters. The van der Waals surface area contributed by atoms with Crippen molar-refractivity contribution in [3.05, 3.63) is 56.0 Å². The maximum Gasteiger partial charge on any atom is 0.407 e. The molecule has 3 aromatic rings. The first-order chi connectivity index (χ1) is 16.0. The molecule has 0 saturated heterocycles. The molecule has 0 aliphatic heterocycles. The molecular weight excluding hydrogens is 537 g/mol. The molecule has 180 valence electrons. The van der Waals surface area contributed by atoms with Crippen LogP contribution in [-0.2, 0) is 4.74 Å². The summed E-state index contributed by atoms with van der Waals surface area (Å²) in [6.45, 7) is 5.19. The van der Waals surface area contributed by atoms with Crippen LogP contribution in [0.2, 0.25) is 5.02 Å². The van der Waals surface area contributed by atoms with Gasteiger partial charge < -0.3 is 20.1 Å². The molecule has 0 aliphatic carbocycles. The summed E-state index contributed by atoms with van der Waals surface area (Å²) in [4.78, 5) is 31.0. The summed E-state index contributed by atoms with van der Waals surface area (Å²) in [5, 5.41) is 17.1. The summed E-state index contributed by atoms with van der Waals surface area (Å²) >= 11 is 9.07. The summed E-state index contributed by atoms with van der Waals surface area (Å²) in [5.41, 5.74) is -0.652. The van der Waals surface area contributed by atoms with E-state index >= 15 is 0 Å². The van der Waals surface area contributed by atoms with Crippen molar-refractivity contribution in [1.82, 2.24) is 15.3 Å². The van der Waals surface area contributed by atoms with Crippen molar-refractivity contribution >= 4 is 61.7 Å². The Kier molecular flexibility index (Phi) is 7.72. The lowest BCUT2D eigenvalue weighted by molar-refractivity contribution is -0.385. The summed E-state index contributed by atoms with van der Waals surface area (Å²) in [7, 11) is 0. The van der Waals surface area contributed by atoms with Crippen molar-refractivity contribution in [3.8, 4) is 5.75 Å². The van der Waals surface area contributed by atoms with Gasteiger partial charge in [-0.05, 0) is 48.8 Å². The van der Waals surface area contributed by atoms with Crippen LogP contribution >= 0.6 is 27.5 Å². The zero-order valence-corrected chi connectivity index (χ0v) is 20.7. The standard InChI is InChI=1S/C21H20BrClFN5O5/c1-21(2,3)34-20(30)25-6-7-33-16-9-14-11(8-15(16)29(31)32)19(27-10-26-14)28-13-5-4-12(22)17(23)18(13)24/h4-5,8-10H,6-7H2,1-3H3,(H,25,30)(H,26,27,28). The van der Waals surface area contributed by atoms with Crippen LogP contribution in [0.4, 0.5) is 26.4 Å². The second kappa shape index (κ2) is 10.3. The minimum atomic E-state index is -0.713. The first-order valence-corrected chi connectivity index (χ1v) is 11.1. The Morgan fingerprint density at radius 2 is 2.03 bits per heavy atom. The second-order valence-electron chi connectivity index (χ2n) is 7.94. The van der Waals surface area contributed by atoms with Crippen LogP contribution in [0.5, 0.6) is 5.75 Å². The molecule has 2 aromatic carbocycles. The average molecular weight is 557 g/mol. The van der Waals surface area contributed by atoms with E-state index in [-0.39, 0.29) is 46.5 Å². The molecule has 0 radical (unpaired) electrons. The monoisotopic (exact) mass is 555 g/mol. The van der Waals surface area contributed by atoms with Crippen LogP contribution in [0.15, 0.2) is 35.1 Å². The van der Waals surface area contributed by atoms with Crippen LogP contribution in [0.3, 0.4) is 0 Å². The first-order valence-electron chi connectivity index (χ1n) is 9.89. The van der Waals surface area contributed by atoms with Crippen molar-refractivity contribution in [2.75, 3.05) is 18.5 Å². The number of fused-ring (bicyclic) bond motifs is 1. The van der Waals surface area contributed by atoms with Gasteiger partial charge in [0.15, 0.2) is 11.6 Å². The molecule has 0 aliphatic rings. The van der Waals surface area contributed by atoms with Gasteiger partial charge in [0.2, 0.25) is 0 Å². The molecule has 2 N–H and O–H groups in total. The number of anilines is 2. The molecular formula is C21H20BrClFN5O5. The number of aromatic nitrogens is 2. The van der Waals surface area contributed by atoms with E-state index in [2.05, 4.69) is 36.5 Å². The highest BCUT2D eigenvalue weighted by Gasteiger charge is 2.21. The van der Waals surface area contributed by atoms with Crippen LogP contribution < -0.4 is 15.4 Å². The lowest BCUT2D eigenvalue weighted by Crippen LogP contribution is -2.34. The molecule has 1 aromatic heterocycles. The molecule has 0 unspecified atom stereocenters. The van der Waals surface area contributed by atoms with Crippen molar-refractivity contribution in [1.29, 1.82) is 0 Å². The molecule has 0 bridgehead atoms. The second-order valence-corrected chi connectivity index (χ2v) is 9.17. The van der Waals surface area contributed by atoms with Crippen LogP contribution in [0.25, 0.3) is 10.9 Å². The van der Waals surface area contributed by atoms with Crippen LogP contribution in [0, 0.1) is 15.9 Å². The van der Waals surface area contributed by atoms with Gasteiger partial charge in [-0.25, -0.2) is 19.2 Å². The summed E-state index contributed by atoms with van der Waals surface area (Å²) in [6.07, 6.45) is 0.593. The number of nitro benzene ring substituents is 1. The van der Waals surface area contributed by atoms with E-state index in [0.717, 1.165) is 0 Å². The molecule has 1 heterocycles. The van der Waals surface area contributed by atoms with Crippen LogP contribution in [-0.4, -0.2) is 39.7 Å². The number of hydrogen-bond acceptors (Lipinski definition) is 8. The van der Waals surface area contributed by atoms with E-state index in [1.165, 1.54) is 24.5 Å². The zero-order valence-electron chi connectivity index (χ0n) is 18.3. The van der Waals surface area contributed by atoms with Gasteiger partial charge >= 0.3 is 11.8 Å². The van der Waals surface area contributed by atoms with Gasteiger partial charge in [-0.3, -0.25) is 10.1 Å². The summed E-state index contributed by atoms with van der Waals surface area (Å²) in [6, 6.07) is 5.60. The van der Waals surface area contributed by atoms with E-state index < -0.39 is 22.4 Å². The fourth-order valence-corrected chi connectivity index (χ4v) is 3.28. The maximum atomic E-state index is 14.5. The molecule has 0 spiro atoms. The SMILES string of the molecule is CC(C)(C)OC(=O)NCCOc1cc2ncnc(Nc3ccc(Br)c(Cl)c3F)c2cc1[N+](=O)[O-]. The van der Waals surface area contributed by atoms with Gasteiger partial charge in [0.25, 0.3) is 0 Å². The Bertz CT molecular complexity index is 1250. The normalized spacial score (nSPS) is 11.2. The van der Waals surface area contributed by atoms with Crippen molar-refractivity contribution < 1.29 is 23.6 Å². The minimum Gasteiger partial charge on any atom is -0.485 e. The molecule has 0 fully saturated rings. The molecule has 3 rings (SSSR count). The lowest BCUT2D eigenvalue weighted by atomic mass is 10.2. The van der Waals surface area contributed by atoms with E-state index in [1.807, 2.05) is 0 Å². The Morgan fingerprint density at radius 1 is 1.29 bits per heavy atom. The molecule has 10 nitrogen and oxygen atoms in total. The molecule has 0 saturated carbocycles. The predicted molar refractivity (Wildman–Crippen MR) is 128 cm³/mol. The third kappa shape index (κ3) is 6.20. The number of ether oxygens (including phenoxy) is 2. The van der Waals surface area contributed by atoms with Crippen molar-refractivity contribution in [3.63, 3.8) is 0 Å². The number of rotatable bonds is 7. The Balaban J connectivity index is 1.83. The topological polar surface area (TPSA) is 129 Å². The number of carbonyl (C=O) groups excluding carboxylic acids is 1. The number of nitrogens with zero attached hydrogens (tertiary/aromatic N) is 3. The fourth-order valence-electron chi connectivity index (χ4n) is 2.81. The zero-order chi connectivity index (χ0) is 25.0. The van der Waals surface area contributed by atoms with Gasteiger partial charge in [0, 0.05) is 16.6 Å². The summed E-state index contributed by atoms with van der Waals surface area (Å²) < 4.78 is 25.5. The highest BCUT2D eigenvalue weighted by Crippen LogP contribution is 2.36. The number of benzene rings is 2. The smallest absolute Gasteiger partial charge is 0.407 e. The Hall–Kier alpha value is -3.25. The van der Waals surface area contributed by atoms with Crippen molar-refractivity contribution in [2.45, 2.75) is 26.4 Å². The number of amides is 1. The van der Waals surface area contributed by atoms with E-state index in [0.29, 0.717) is 9.99 Å². The van der Waals surface area contributed by atoms with Crippen molar-refractivity contribution in [2.24, 2.45) is 0 Å². The van der Waals surface area contributed by atoms with Gasteiger partial charge in [-0.15, -0.1) is 0 Å². The predicted octanol–water partition coefficient (Wildman–Crippen LogP) is 5.74. The van der Waals surface area contributed by atoms with Gasteiger partial charge in [0.1, 0.15) is 24.4 Å². The maximum absolute atomic E-state index is 14.5. The number of nitro groups is 1. The highest BCUT2D eigenvalue weighted by molar-refractivity contribution is 9.10. The van der Waals surface area contributed by atoms with E-state index in [4.69, 9.17) is 21.1 Å². The van der Waals surface area contributed by atoms with Gasteiger partial charge in [0.05, 0.1) is 33.1 Å². The van der Waals surface area contributed by atoms with E-state index in [9.17, 15) is 19.3 Å². The number of nitrogens with one attached hydrogen (secondary N) is 2. The molecule has 13 heteroatoms. The average Bonchev–Trinajstić information content (AvgIpc) is 2.75. The third-order valence-electron chi connectivity index (χ3n) is 4.23. The largest absolute Gasteiger partial charge is 0.485 e. The first kappa shape index (κ1) is 25.4. The minimum absolute atomic E-state index is 0.0318. The van der Waals surface area contributed by atoms with Gasteiger partial charge in [-0.1, -0.05) is 11.6 Å². The fraction of sp³-hybridized carbons (Fsp3) is 0.286. The third-order valence-corrected chi connectivity index (χ3v) is 5.49. The lowest BCUT2D eigenvalue weighted by Gasteiger charge is -2.19. The molecule has 1 amide bonds. The van der Waals surface area contributed by atoms with Crippen LogP contribution in [0.1, 0.15) is 20.8 Å². The number of halogens is 3. The van der Waals surface area contributed by atoms with Gasteiger partial charge in [-0.2, -0.15) is 0 Å². The Labute approximate surface area is 207 Å². The summed E-state index contributed by atoms with van der Waals surface area (Å²) in [5.74, 6) is -0.621. The number of alkyl carbamates (subject to hydrolysis) is 1. The molecule has 34 heavy (non-hydrogen) atoms. The quantitative estimate of drug-likeness (QED) is 0.163. The highest BCUT2D eigenvalue weighted by atomic mass is 79.9.